The van der Waals surface area contributed by atoms with Gasteiger partial charge in [0.25, 0.3) is 6.47 Å². The number of carbonyl (C=O) groups is 1. The van der Waals surface area contributed by atoms with Crippen LogP contribution in [-0.4, -0.2) is 23.5 Å². The van der Waals surface area contributed by atoms with Crippen molar-refractivity contribution in [2.75, 3.05) is 0 Å². The van der Waals surface area contributed by atoms with Gasteiger partial charge in [0.05, 0.1) is 0 Å². The third-order valence-electron chi connectivity index (χ3n) is 3.36. The molecule has 0 atom stereocenters. The molecule has 0 saturated carbocycles. The number of hydrogen-bond acceptors (Lipinski definition) is 3. The van der Waals surface area contributed by atoms with Gasteiger partial charge >= 0.3 is 0 Å². The monoisotopic (exact) mass is 195 g/mol. The topological polar surface area (TPSA) is 29.5 Å². The van der Waals surface area contributed by atoms with E-state index < -0.39 is 0 Å². The van der Waals surface area contributed by atoms with Gasteiger partial charge in [-0.15, -0.1) is 0 Å². The van der Waals surface area contributed by atoms with Gasteiger partial charge < -0.3 is 9.64 Å². The maximum absolute atomic E-state index is 10.0. The van der Waals surface area contributed by atoms with Crippen LogP contribution in [0.25, 0.3) is 0 Å². The molecule has 0 aromatic heterocycles. The first-order chi connectivity index (χ1) is 6.92. The van der Waals surface area contributed by atoms with E-state index in [4.69, 9.17) is 0 Å². The van der Waals surface area contributed by atoms with E-state index >= 15 is 0 Å². The summed E-state index contributed by atoms with van der Waals surface area (Å²) in [4.78, 5) is 12.4. The fourth-order valence-electron chi connectivity index (χ4n) is 2.74. The predicted molar refractivity (Wildman–Crippen MR) is 53.4 cm³/mol. The van der Waals surface area contributed by atoms with Crippen LogP contribution < -0.4 is 0 Å². The molecule has 2 heterocycles. The average Bonchev–Trinajstić information content (AvgIpc) is 2.17. The van der Waals surface area contributed by atoms with Crippen LogP contribution in [0.3, 0.4) is 0 Å². The Morgan fingerprint density at radius 2 is 1.64 bits per heavy atom. The number of nitrogens with zero attached hydrogens (tertiary/aromatic N) is 1. The number of piperidine rings is 2. The van der Waals surface area contributed by atoms with Crippen molar-refractivity contribution in [3.05, 3.63) is 12.5 Å². The standard InChI is InChI=1S/C11H17NO2/c13-9-14-8-7-12-10-3-1-4-11(12)6-2-5-10/h7-11H,1-6H2. The van der Waals surface area contributed by atoms with E-state index in [1.54, 1.807) is 0 Å². The van der Waals surface area contributed by atoms with Crippen LogP contribution >= 0.6 is 0 Å². The lowest BCUT2D eigenvalue weighted by molar-refractivity contribution is -0.123. The quantitative estimate of drug-likeness (QED) is 0.510. The number of hydrogen-bond donors (Lipinski definition) is 0. The SMILES string of the molecule is O=COC=CN1C2CCCC1CCC2. The Morgan fingerprint density at radius 1 is 1.07 bits per heavy atom. The number of fused-ring (bicyclic) bond motifs is 2. The molecule has 14 heavy (non-hydrogen) atoms. The van der Waals surface area contributed by atoms with Gasteiger partial charge in [0.1, 0.15) is 6.26 Å². The molecule has 2 aliphatic heterocycles. The number of ether oxygens (including phenoxy) is 1. The first kappa shape index (κ1) is 9.56. The minimum atomic E-state index is 0.468. The normalized spacial score (nSPS) is 31.9. The molecule has 2 saturated heterocycles. The molecule has 2 bridgehead atoms. The lowest BCUT2D eigenvalue weighted by Crippen LogP contribution is -2.46. The van der Waals surface area contributed by atoms with Crippen molar-refractivity contribution in [1.29, 1.82) is 0 Å². The lowest BCUT2D eigenvalue weighted by atomic mass is 9.85. The maximum Gasteiger partial charge on any atom is 0.297 e. The summed E-state index contributed by atoms with van der Waals surface area (Å²) < 4.78 is 4.60. The van der Waals surface area contributed by atoms with Gasteiger partial charge in [-0.3, -0.25) is 4.79 Å². The third kappa shape index (κ3) is 1.91. The van der Waals surface area contributed by atoms with Gasteiger partial charge in [0, 0.05) is 18.3 Å². The molecule has 0 radical (unpaired) electrons. The van der Waals surface area contributed by atoms with Crippen molar-refractivity contribution < 1.29 is 9.53 Å². The Morgan fingerprint density at radius 3 is 2.14 bits per heavy atom. The first-order valence-electron chi connectivity index (χ1n) is 5.45. The van der Waals surface area contributed by atoms with Crippen LogP contribution in [0.5, 0.6) is 0 Å². The maximum atomic E-state index is 10.0. The predicted octanol–water partition coefficient (Wildman–Crippen LogP) is 2.04. The highest BCUT2D eigenvalue weighted by atomic mass is 16.5. The van der Waals surface area contributed by atoms with Gasteiger partial charge in [-0.25, -0.2) is 0 Å². The molecule has 0 aliphatic carbocycles. The second-order valence-electron chi connectivity index (χ2n) is 4.13. The van der Waals surface area contributed by atoms with E-state index in [0.717, 1.165) is 0 Å². The summed E-state index contributed by atoms with van der Waals surface area (Å²) in [6, 6.07) is 1.38. The van der Waals surface area contributed by atoms with E-state index in [-0.39, 0.29) is 0 Å². The summed E-state index contributed by atoms with van der Waals surface area (Å²) in [5.41, 5.74) is 0. The third-order valence-corrected chi connectivity index (χ3v) is 3.36. The van der Waals surface area contributed by atoms with Crippen LogP contribution in [0.1, 0.15) is 38.5 Å². The zero-order valence-corrected chi connectivity index (χ0v) is 8.39. The van der Waals surface area contributed by atoms with Crippen LogP contribution in [0.4, 0.5) is 0 Å². The van der Waals surface area contributed by atoms with Gasteiger partial charge in [-0.1, -0.05) is 0 Å². The fourth-order valence-corrected chi connectivity index (χ4v) is 2.74. The molecule has 0 aromatic rings. The second kappa shape index (κ2) is 4.49. The van der Waals surface area contributed by atoms with Gasteiger partial charge in [0.2, 0.25) is 0 Å². The minimum Gasteiger partial charge on any atom is -0.435 e. The molecule has 78 valence electrons. The molecule has 0 aromatic carbocycles. The number of rotatable bonds is 3. The van der Waals surface area contributed by atoms with E-state index in [1.165, 1.54) is 44.8 Å². The minimum absolute atomic E-state index is 0.468. The molecular weight excluding hydrogens is 178 g/mol. The van der Waals surface area contributed by atoms with Crippen molar-refractivity contribution in [3.63, 3.8) is 0 Å². The van der Waals surface area contributed by atoms with Crippen molar-refractivity contribution in [2.24, 2.45) is 0 Å². The Kier molecular flexibility index (Phi) is 3.07. The molecule has 3 nitrogen and oxygen atoms in total. The zero-order valence-electron chi connectivity index (χ0n) is 8.39. The van der Waals surface area contributed by atoms with Crippen LogP contribution in [-0.2, 0) is 9.53 Å². The summed E-state index contributed by atoms with van der Waals surface area (Å²) in [5, 5.41) is 0. The van der Waals surface area contributed by atoms with Crippen LogP contribution in [0.2, 0.25) is 0 Å². The largest absolute Gasteiger partial charge is 0.435 e. The van der Waals surface area contributed by atoms with Crippen molar-refractivity contribution in [2.45, 2.75) is 50.6 Å². The van der Waals surface area contributed by atoms with Crippen LogP contribution in [0, 0.1) is 0 Å². The molecule has 0 N–H and O–H groups in total. The van der Waals surface area contributed by atoms with Gasteiger partial charge in [-0.05, 0) is 38.5 Å². The van der Waals surface area contributed by atoms with E-state index in [2.05, 4.69) is 9.64 Å². The van der Waals surface area contributed by atoms with E-state index in [1.807, 2.05) is 6.20 Å². The highest BCUT2D eigenvalue weighted by Crippen LogP contribution is 2.33. The summed E-state index contributed by atoms with van der Waals surface area (Å²) >= 11 is 0. The summed E-state index contributed by atoms with van der Waals surface area (Å²) in [6.45, 7) is 0.468. The fraction of sp³-hybridized carbons (Fsp3) is 0.727. The van der Waals surface area contributed by atoms with E-state index in [0.29, 0.717) is 18.6 Å². The van der Waals surface area contributed by atoms with Gasteiger partial charge in [0.15, 0.2) is 0 Å². The molecule has 2 fully saturated rings. The molecular formula is C11H17NO2. The summed E-state index contributed by atoms with van der Waals surface area (Å²) in [7, 11) is 0. The second-order valence-corrected chi connectivity index (χ2v) is 4.13. The number of carbonyl (C=O) groups excluding carboxylic acids is 1. The Bertz CT molecular complexity index is 205. The first-order valence-corrected chi connectivity index (χ1v) is 5.45. The van der Waals surface area contributed by atoms with Crippen LogP contribution in [0.15, 0.2) is 12.5 Å². The molecule has 0 unspecified atom stereocenters. The molecule has 0 amide bonds. The van der Waals surface area contributed by atoms with Gasteiger partial charge in [-0.2, -0.15) is 0 Å². The average molecular weight is 195 g/mol. The summed E-state index contributed by atoms with van der Waals surface area (Å²) in [6.07, 6.45) is 11.3. The molecule has 3 heteroatoms. The lowest BCUT2D eigenvalue weighted by Gasteiger charge is -2.45. The van der Waals surface area contributed by atoms with Crippen molar-refractivity contribution >= 4 is 6.47 Å². The van der Waals surface area contributed by atoms with E-state index in [9.17, 15) is 4.79 Å². The Labute approximate surface area is 84.7 Å². The highest BCUT2D eigenvalue weighted by Gasteiger charge is 2.31. The van der Waals surface area contributed by atoms with Crippen molar-refractivity contribution in [3.8, 4) is 0 Å². The smallest absolute Gasteiger partial charge is 0.297 e. The Balaban J connectivity index is 1.97. The van der Waals surface area contributed by atoms with Crippen molar-refractivity contribution in [1.82, 2.24) is 4.90 Å². The molecule has 2 aliphatic rings. The Hall–Kier alpha value is -0.990. The highest BCUT2D eigenvalue weighted by molar-refractivity contribution is 5.38. The zero-order chi connectivity index (χ0) is 9.80. The summed E-state index contributed by atoms with van der Waals surface area (Å²) in [5.74, 6) is 0. The molecule has 2 rings (SSSR count). The molecule has 0 spiro atoms.